The molecular formula is C10H16ClN3O4S. The van der Waals surface area contributed by atoms with E-state index in [2.05, 4.69) is 5.10 Å². The molecule has 0 aromatic carbocycles. The van der Waals surface area contributed by atoms with Crippen LogP contribution in [0.5, 0.6) is 0 Å². The van der Waals surface area contributed by atoms with Gasteiger partial charge in [-0.25, -0.2) is 8.42 Å². The molecule has 0 fully saturated rings. The van der Waals surface area contributed by atoms with Gasteiger partial charge in [0.25, 0.3) is 10.0 Å². The number of rotatable bonds is 6. The van der Waals surface area contributed by atoms with E-state index in [9.17, 15) is 13.2 Å². The third-order valence-electron chi connectivity index (χ3n) is 2.39. The minimum Gasteiger partial charge on any atom is -0.465 e. The summed E-state index contributed by atoms with van der Waals surface area (Å²) in [6.07, 6.45) is 1.24. The molecule has 1 rings (SSSR count). The normalized spacial score (nSPS) is 11.8. The average molecular weight is 310 g/mol. The number of sulfonamides is 1. The van der Waals surface area contributed by atoms with Crippen LogP contribution in [-0.4, -0.2) is 48.2 Å². The lowest BCUT2D eigenvalue weighted by molar-refractivity contribution is -0.143. The van der Waals surface area contributed by atoms with Crippen molar-refractivity contribution < 1.29 is 17.9 Å². The lowest BCUT2D eigenvalue weighted by Gasteiger charge is -2.19. The highest BCUT2D eigenvalue weighted by molar-refractivity contribution is 7.89. The molecule has 0 aliphatic heterocycles. The van der Waals surface area contributed by atoms with Gasteiger partial charge in [0, 0.05) is 13.6 Å². The van der Waals surface area contributed by atoms with E-state index in [-0.39, 0.29) is 29.7 Å². The van der Waals surface area contributed by atoms with Gasteiger partial charge < -0.3 is 4.74 Å². The Morgan fingerprint density at radius 3 is 2.58 bits per heavy atom. The molecule has 108 valence electrons. The van der Waals surface area contributed by atoms with Crippen molar-refractivity contribution in [3.8, 4) is 0 Å². The van der Waals surface area contributed by atoms with Gasteiger partial charge in [-0.15, -0.1) is 0 Å². The molecule has 0 amide bonds. The quantitative estimate of drug-likeness (QED) is 0.721. The molecule has 1 aromatic heterocycles. The highest BCUT2D eigenvalue weighted by Gasteiger charge is 2.30. The van der Waals surface area contributed by atoms with Crippen LogP contribution in [0.15, 0.2) is 11.2 Å². The Kier molecular flexibility index (Phi) is 5.33. The molecule has 0 atom stereocenters. The minimum absolute atomic E-state index is 0.0183. The molecule has 0 saturated carbocycles. The molecule has 7 nitrogen and oxygen atoms in total. The van der Waals surface area contributed by atoms with E-state index in [0.717, 1.165) is 8.99 Å². The molecule has 0 aliphatic rings. The smallest absolute Gasteiger partial charge is 0.321 e. The van der Waals surface area contributed by atoms with Gasteiger partial charge >= 0.3 is 5.97 Å². The summed E-state index contributed by atoms with van der Waals surface area (Å²) in [7, 11) is -2.41. The van der Waals surface area contributed by atoms with Gasteiger partial charge in [-0.05, 0) is 6.92 Å². The number of halogens is 1. The third kappa shape index (κ3) is 3.46. The van der Waals surface area contributed by atoms with Crippen LogP contribution < -0.4 is 0 Å². The SMILES string of the molecule is CCOC(=O)CN(CC)S(=O)(=O)c1c(Cl)cnn1C. The van der Waals surface area contributed by atoms with Gasteiger partial charge in [-0.3, -0.25) is 9.48 Å². The van der Waals surface area contributed by atoms with Crippen LogP contribution in [0.1, 0.15) is 13.8 Å². The Hall–Kier alpha value is -1.12. The topological polar surface area (TPSA) is 81.5 Å². The van der Waals surface area contributed by atoms with E-state index < -0.39 is 16.0 Å². The summed E-state index contributed by atoms with van der Waals surface area (Å²) in [6.45, 7) is 3.25. The van der Waals surface area contributed by atoms with E-state index in [4.69, 9.17) is 16.3 Å². The zero-order valence-corrected chi connectivity index (χ0v) is 12.5. The summed E-state index contributed by atoms with van der Waals surface area (Å²) in [5, 5.41) is 3.66. The van der Waals surface area contributed by atoms with Gasteiger partial charge in [-0.1, -0.05) is 18.5 Å². The van der Waals surface area contributed by atoms with Crippen molar-refractivity contribution >= 4 is 27.6 Å². The number of carbonyl (C=O) groups is 1. The second-order valence-corrected chi connectivity index (χ2v) is 5.92. The van der Waals surface area contributed by atoms with Crippen molar-refractivity contribution in [3.05, 3.63) is 11.2 Å². The Morgan fingerprint density at radius 1 is 1.53 bits per heavy atom. The van der Waals surface area contributed by atoms with Crippen molar-refractivity contribution in [2.45, 2.75) is 18.9 Å². The Bertz CT molecular complexity index is 536. The predicted octanol–water partition coefficient (Wildman–Crippen LogP) is 0.647. The first-order valence-electron chi connectivity index (χ1n) is 5.67. The number of aromatic nitrogens is 2. The molecule has 1 aromatic rings. The fourth-order valence-electron chi connectivity index (χ4n) is 1.53. The van der Waals surface area contributed by atoms with Crippen LogP contribution in [0, 0.1) is 0 Å². The van der Waals surface area contributed by atoms with E-state index in [1.165, 1.54) is 13.2 Å². The van der Waals surface area contributed by atoms with E-state index in [0.29, 0.717) is 0 Å². The number of esters is 1. The van der Waals surface area contributed by atoms with Crippen LogP contribution in [0.2, 0.25) is 5.02 Å². The first kappa shape index (κ1) is 15.9. The molecule has 0 aliphatic carbocycles. The zero-order valence-electron chi connectivity index (χ0n) is 11.0. The number of nitrogens with zero attached hydrogens (tertiary/aromatic N) is 3. The molecule has 0 spiro atoms. The molecule has 19 heavy (non-hydrogen) atoms. The first-order valence-corrected chi connectivity index (χ1v) is 7.49. The summed E-state index contributed by atoms with van der Waals surface area (Å²) >= 11 is 5.82. The van der Waals surface area contributed by atoms with Crippen LogP contribution in [0.3, 0.4) is 0 Å². The molecular weight excluding hydrogens is 294 g/mol. The number of carbonyl (C=O) groups excluding carboxylic acids is 1. The summed E-state index contributed by atoms with van der Waals surface area (Å²) in [6, 6.07) is 0. The highest BCUT2D eigenvalue weighted by Crippen LogP contribution is 2.23. The largest absolute Gasteiger partial charge is 0.465 e. The monoisotopic (exact) mass is 309 g/mol. The van der Waals surface area contributed by atoms with Crippen molar-refractivity contribution in [2.24, 2.45) is 7.05 Å². The maximum atomic E-state index is 12.4. The van der Waals surface area contributed by atoms with Crippen molar-refractivity contribution in [1.29, 1.82) is 0 Å². The van der Waals surface area contributed by atoms with Crippen LogP contribution in [0.4, 0.5) is 0 Å². The van der Waals surface area contributed by atoms with E-state index in [1.54, 1.807) is 13.8 Å². The average Bonchev–Trinajstić information content (AvgIpc) is 2.66. The third-order valence-corrected chi connectivity index (χ3v) is 4.82. The van der Waals surface area contributed by atoms with Gasteiger partial charge in [0.2, 0.25) is 0 Å². The van der Waals surface area contributed by atoms with E-state index >= 15 is 0 Å². The van der Waals surface area contributed by atoms with Crippen LogP contribution >= 0.6 is 11.6 Å². The number of likely N-dealkylation sites (N-methyl/N-ethyl adjacent to an activating group) is 1. The zero-order chi connectivity index (χ0) is 14.6. The van der Waals surface area contributed by atoms with Gasteiger partial charge in [0.1, 0.15) is 6.54 Å². The molecule has 0 unspecified atom stereocenters. The summed E-state index contributed by atoms with van der Waals surface area (Å²) in [5.74, 6) is -0.605. The fourth-order valence-corrected chi connectivity index (χ4v) is 3.53. The number of ether oxygens (including phenoxy) is 1. The standard InChI is InChI=1S/C10H16ClN3O4S/c1-4-14(7-9(15)18-5-2)19(16,17)10-8(11)6-12-13(10)3/h6H,4-5,7H2,1-3H3. The summed E-state index contributed by atoms with van der Waals surface area (Å²) in [4.78, 5) is 11.4. The maximum Gasteiger partial charge on any atom is 0.321 e. The molecule has 0 radical (unpaired) electrons. The van der Waals surface area contributed by atoms with Crippen molar-refractivity contribution in [3.63, 3.8) is 0 Å². The molecule has 1 heterocycles. The second-order valence-electron chi connectivity index (χ2n) is 3.66. The highest BCUT2D eigenvalue weighted by atomic mass is 35.5. The van der Waals surface area contributed by atoms with Gasteiger partial charge in [0.15, 0.2) is 5.03 Å². The molecule has 0 bridgehead atoms. The summed E-state index contributed by atoms with van der Waals surface area (Å²) in [5.41, 5.74) is 0. The number of aryl methyl sites for hydroxylation is 1. The Balaban J connectivity index is 3.06. The van der Waals surface area contributed by atoms with Gasteiger partial charge in [0.05, 0.1) is 17.8 Å². The molecule has 0 saturated heterocycles. The molecule has 0 N–H and O–H groups in total. The number of hydrogen-bond acceptors (Lipinski definition) is 5. The Morgan fingerprint density at radius 2 is 2.16 bits per heavy atom. The lowest BCUT2D eigenvalue weighted by Crippen LogP contribution is -2.37. The van der Waals surface area contributed by atoms with Crippen molar-refractivity contribution in [2.75, 3.05) is 19.7 Å². The van der Waals surface area contributed by atoms with E-state index in [1.807, 2.05) is 0 Å². The maximum absolute atomic E-state index is 12.4. The van der Waals surface area contributed by atoms with Gasteiger partial charge in [-0.2, -0.15) is 9.40 Å². The Labute approximate surface area is 117 Å². The predicted molar refractivity (Wildman–Crippen MR) is 69.3 cm³/mol. The second kappa shape index (κ2) is 6.36. The molecule has 9 heteroatoms. The van der Waals surface area contributed by atoms with Crippen molar-refractivity contribution in [1.82, 2.24) is 14.1 Å². The fraction of sp³-hybridized carbons (Fsp3) is 0.600. The minimum atomic E-state index is -3.88. The lowest BCUT2D eigenvalue weighted by atomic mass is 10.6. The van der Waals surface area contributed by atoms with Crippen LogP contribution in [-0.2, 0) is 26.6 Å². The summed E-state index contributed by atoms with van der Waals surface area (Å²) < 4.78 is 31.7. The number of hydrogen-bond donors (Lipinski definition) is 0. The van der Waals surface area contributed by atoms with Crippen LogP contribution in [0.25, 0.3) is 0 Å². The first-order chi connectivity index (χ1) is 8.84.